The summed E-state index contributed by atoms with van der Waals surface area (Å²) in [5, 5.41) is 0. The summed E-state index contributed by atoms with van der Waals surface area (Å²) in [4.78, 5) is 15.1. The van der Waals surface area contributed by atoms with E-state index in [1.54, 1.807) is 0 Å². The predicted molar refractivity (Wildman–Crippen MR) is 54.5 cm³/mol. The Kier molecular flexibility index (Phi) is 4.00. The van der Waals surface area contributed by atoms with Crippen LogP contribution >= 0.6 is 11.6 Å². The van der Waals surface area contributed by atoms with Crippen LogP contribution in [0.5, 0.6) is 0 Å². The highest BCUT2D eigenvalue weighted by Gasteiger charge is 2.25. The van der Waals surface area contributed by atoms with Crippen LogP contribution in [0.25, 0.3) is 0 Å². The number of methoxy groups -OCH3 is 1. The molecular weight excluding hydrogens is 242 g/mol. The molecule has 0 aliphatic rings. The number of esters is 1. The Balaban J connectivity index is 3.48. The molecule has 1 heterocycles. The number of halogens is 3. The van der Waals surface area contributed by atoms with Gasteiger partial charge in [-0.15, -0.1) is 11.6 Å². The van der Waals surface area contributed by atoms with Crippen molar-refractivity contribution in [3.05, 3.63) is 23.0 Å². The van der Waals surface area contributed by atoms with Crippen LogP contribution in [-0.4, -0.2) is 18.1 Å². The molecule has 0 amide bonds. The Bertz CT molecular complexity index is 413. The minimum Gasteiger partial charge on any atom is -0.465 e. The second-order valence-electron chi connectivity index (χ2n) is 2.87. The summed E-state index contributed by atoms with van der Waals surface area (Å²) in [5.41, 5.74) is 4.17. The number of pyridine rings is 1. The minimum absolute atomic E-state index is 0.0259. The number of rotatable bonds is 3. The van der Waals surface area contributed by atoms with Crippen molar-refractivity contribution in [1.82, 2.24) is 4.98 Å². The first-order valence-corrected chi connectivity index (χ1v) is 4.76. The summed E-state index contributed by atoms with van der Waals surface area (Å²) in [7, 11) is 1.08. The SMILES string of the molecule is COC(=O)c1c(CCl)ncc(N)c1C(F)F. The van der Waals surface area contributed by atoms with Crippen LogP contribution in [0.3, 0.4) is 0 Å². The third-order valence-corrected chi connectivity index (χ3v) is 2.22. The van der Waals surface area contributed by atoms with Gasteiger partial charge >= 0.3 is 5.97 Å². The second-order valence-corrected chi connectivity index (χ2v) is 3.14. The number of alkyl halides is 3. The molecule has 88 valence electrons. The van der Waals surface area contributed by atoms with Crippen LogP contribution in [0.2, 0.25) is 0 Å². The zero-order valence-corrected chi connectivity index (χ0v) is 9.09. The topological polar surface area (TPSA) is 65.2 Å². The number of hydrogen-bond donors (Lipinski definition) is 1. The molecule has 0 spiro atoms. The summed E-state index contributed by atoms with van der Waals surface area (Å²) in [5.74, 6) is -1.10. The average molecular weight is 251 g/mol. The van der Waals surface area contributed by atoms with Crippen molar-refractivity contribution in [3.8, 4) is 0 Å². The Labute approximate surface area is 95.4 Å². The molecule has 0 radical (unpaired) electrons. The fraction of sp³-hybridized carbons (Fsp3) is 0.333. The van der Waals surface area contributed by atoms with E-state index in [2.05, 4.69) is 9.72 Å². The number of ether oxygens (including phenoxy) is 1. The third-order valence-electron chi connectivity index (χ3n) is 1.96. The fourth-order valence-electron chi connectivity index (χ4n) is 1.25. The molecule has 0 aliphatic heterocycles. The van der Waals surface area contributed by atoms with Crippen LogP contribution in [0, 0.1) is 0 Å². The van der Waals surface area contributed by atoms with Crippen molar-refractivity contribution in [3.63, 3.8) is 0 Å². The quantitative estimate of drug-likeness (QED) is 0.659. The Morgan fingerprint density at radius 3 is 2.75 bits per heavy atom. The molecule has 0 atom stereocenters. The van der Waals surface area contributed by atoms with Gasteiger partial charge in [0.2, 0.25) is 0 Å². The van der Waals surface area contributed by atoms with Crippen molar-refractivity contribution in [1.29, 1.82) is 0 Å². The summed E-state index contributed by atoms with van der Waals surface area (Å²) in [6, 6.07) is 0. The lowest BCUT2D eigenvalue weighted by Gasteiger charge is -2.12. The number of nitrogen functional groups attached to an aromatic ring is 1. The minimum atomic E-state index is -2.89. The van der Waals surface area contributed by atoms with Gasteiger partial charge in [-0.05, 0) is 0 Å². The van der Waals surface area contributed by atoms with E-state index in [1.165, 1.54) is 0 Å². The van der Waals surface area contributed by atoms with E-state index >= 15 is 0 Å². The van der Waals surface area contributed by atoms with E-state index in [9.17, 15) is 13.6 Å². The number of hydrogen-bond acceptors (Lipinski definition) is 4. The van der Waals surface area contributed by atoms with Gasteiger partial charge in [0, 0.05) is 0 Å². The van der Waals surface area contributed by atoms with Crippen molar-refractivity contribution in [2.24, 2.45) is 0 Å². The van der Waals surface area contributed by atoms with Crippen molar-refractivity contribution in [2.45, 2.75) is 12.3 Å². The zero-order valence-electron chi connectivity index (χ0n) is 8.34. The summed E-state index contributed by atoms with van der Waals surface area (Å²) >= 11 is 5.51. The molecule has 0 aliphatic carbocycles. The number of nitrogens with two attached hydrogens (primary N) is 1. The van der Waals surface area contributed by atoms with Crippen LogP contribution in [0.15, 0.2) is 6.20 Å². The molecule has 1 aromatic heterocycles. The lowest BCUT2D eigenvalue weighted by molar-refractivity contribution is 0.0588. The maximum Gasteiger partial charge on any atom is 0.340 e. The molecule has 0 saturated heterocycles. The van der Waals surface area contributed by atoms with E-state index in [-0.39, 0.29) is 22.8 Å². The van der Waals surface area contributed by atoms with E-state index in [1.807, 2.05) is 0 Å². The highest BCUT2D eigenvalue weighted by Crippen LogP contribution is 2.30. The first kappa shape index (κ1) is 12.6. The molecule has 1 aromatic rings. The van der Waals surface area contributed by atoms with Gasteiger partial charge in [0.05, 0.1) is 41.7 Å². The van der Waals surface area contributed by atoms with Crippen LogP contribution in [-0.2, 0) is 10.6 Å². The molecule has 7 heteroatoms. The smallest absolute Gasteiger partial charge is 0.340 e. The standard InChI is InChI=1S/C9H9ClF2N2O2/c1-16-9(15)7-5(2-10)14-3-4(13)6(7)8(11)12/h3,8H,2,13H2,1H3. The number of aromatic nitrogens is 1. The van der Waals surface area contributed by atoms with E-state index < -0.39 is 18.0 Å². The van der Waals surface area contributed by atoms with Gasteiger partial charge in [0.25, 0.3) is 6.43 Å². The van der Waals surface area contributed by atoms with Crippen LogP contribution < -0.4 is 5.73 Å². The van der Waals surface area contributed by atoms with Gasteiger partial charge in [-0.1, -0.05) is 0 Å². The first-order chi connectivity index (χ1) is 7.52. The molecule has 0 saturated carbocycles. The number of anilines is 1. The Morgan fingerprint density at radius 1 is 1.69 bits per heavy atom. The molecule has 0 bridgehead atoms. The fourth-order valence-corrected chi connectivity index (χ4v) is 1.45. The molecule has 16 heavy (non-hydrogen) atoms. The second kappa shape index (κ2) is 5.07. The highest BCUT2D eigenvalue weighted by molar-refractivity contribution is 6.17. The van der Waals surface area contributed by atoms with Gasteiger partial charge in [-0.2, -0.15) is 0 Å². The summed E-state index contributed by atoms with van der Waals surface area (Å²) < 4.78 is 29.9. The third kappa shape index (κ3) is 2.21. The molecule has 0 aromatic carbocycles. The van der Waals surface area contributed by atoms with Gasteiger partial charge in [-0.25, -0.2) is 13.6 Å². The lowest BCUT2D eigenvalue weighted by atomic mass is 10.1. The monoisotopic (exact) mass is 250 g/mol. The maximum absolute atomic E-state index is 12.7. The van der Waals surface area contributed by atoms with Gasteiger partial charge < -0.3 is 10.5 Å². The molecule has 4 nitrogen and oxygen atoms in total. The molecule has 0 unspecified atom stereocenters. The van der Waals surface area contributed by atoms with E-state index in [0.29, 0.717) is 0 Å². The molecular formula is C9H9ClF2N2O2. The summed E-state index contributed by atoms with van der Waals surface area (Å²) in [6.07, 6.45) is -1.84. The normalized spacial score (nSPS) is 10.6. The van der Waals surface area contributed by atoms with E-state index in [4.69, 9.17) is 17.3 Å². The van der Waals surface area contributed by atoms with Crippen LogP contribution in [0.1, 0.15) is 28.0 Å². The van der Waals surface area contributed by atoms with E-state index in [0.717, 1.165) is 13.3 Å². The zero-order chi connectivity index (χ0) is 12.3. The Morgan fingerprint density at radius 2 is 2.31 bits per heavy atom. The maximum atomic E-state index is 12.7. The Hall–Kier alpha value is -1.43. The summed E-state index contributed by atoms with van der Waals surface area (Å²) in [6.45, 7) is 0. The average Bonchev–Trinajstić information content (AvgIpc) is 2.27. The number of nitrogens with zero attached hydrogens (tertiary/aromatic N) is 1. The molecule has 2 N–H and O–H groups in total. The lowest BCUT2D eigenvalue weighted by Crippen LogP contribution is -2.13. The van der Waals surface area contributed by atoms with Gasteiger partial charge in [0.15, 0.2) is 0 Å². The van der Waals surface area contributed by atoms with Crippen LogP contribution in [0.4, 0.5) is 14.5 Å². The highest BCUT2D eigenvalue weighted by atomic mass is 35.5. The van der Waals surface area contributed by atoms with Crippen molar-refractivity contribution >= 4 is 23.3 Å². The molecule has 0 fully saturated rings. The number of carbonyl (C=O) groups is 1. The molecule has 1 rings (SSSR count). The number of carbonyl (C=O) groups excluding carboxylic acids is 1. The largest absolute Gasteiger partial charge is 0.465 e. The predicted octanol–water partition coefficient (Wildman–Crippen LogP) is 2.13. The van der Waals surface area contributed by atoms with Crippen molar-refractivity contribution < 1.29 is 18.3 Å². The van der Waals surface area contributed by atoms with Gasteiger partial charge in [0.1, 0.15) is 0 Å². The van der Waals surface area contributed by atoms with Crippen molar-refractivity contribution in [2.75, 3.05) is 12.8 Å². The first-order valence-electron chi connectivity index (χ1n) is 4.22. The van der Waals surface area contributed by atoms with Gasteiger partial charge in [-0.3, -0.25) is 4.98 Å².